The van der Waals surface area contributed by atoms with Crippen LogP contribution >= 0.6 is 11.3 Å². The van der Waals surface area contributed by atoms with Gasteiger partial charge in [-0.3, -0.25) is 14.7 Å². The molecule has 0 atom stereocenters. The van der Waals surface area contributed by atoms with Gasteiger partial charge in [-0.2, -0.15) is 5.10 Å². The monoisotopic (exact) mass is 487 g/mol. The van der Waals surface area contributed by atoms with Crippen molar-refractivity contribution < 1.29 is 9.59 Å². The van der Waals surface area contributed by atoms with E-state index in [1.165, 1.54) is 32.1 Å². The topological polar surface area (TPSA) is 98.9 Å². The van der Waals surface area contributed by atoms with E-state index in [2.05, 4.69) is 26.1 Å². The highest BCUT2D eigenvalue weighted by Gasteiger charge is 2.15. The number of hydrogen-bond acceptors (Lipinski definition) is 5. The third kappa shape index (κ3) is 5.71. The first-order valence-electron chi connectivity index (χ1n) is 12.1. The Hall–Kier alpha value is -3.65. The first kappa shape index (κ1) is 23.1. The molecule has 0 unspecified atom stereocenters. The molecule has 0 saturated heterocycles. The van der Waals surface area contributed by atoms with E-state index in [0.29, 0.717) is 28.9 Å². The molecule has 4 N–H and O–H groups in total. The third-order valence-electron chi connectivity index (χ3n) is 6.53. The second-order valence-electron chi connectivity index (χ2n) is 9.01. The molecule has 2 amide bonds. The van der Waals surface area contributed by atoms with Crippen molar-refractivity contribution in [3.05, 3.63) is 76.0 Å². The summed E-state index contributed by atoms with van der Waals surface area (Å²) in [6.45, 7) is 1.46. The summed E-state index contributed by atoms with van der Waals surface area (Å²) in [5.74, 6) is 0.722. The van der Waals surface area contributed by atoms with Crippen molar-refractivity contribution >= 4 is 45.6 Å². The lowest BCUT2D eigenvalue weighted by atomic mass is 9.89. The fourth-order valence-electron chi connectivity index (χ4n) is 4.51. The molecule has 5 rings (SSSR count). The summed E-state index contributed by atoms with van der Waals surface area (Å²) in [6.07, 6.45) is 6.60. The van der Waals surface area contributed by atoms with E-state index in [4.69, 9.17) is 0 Å². The molecule has 1 fully saturated rings. The van der Waals surface area contributed by atoms with Crippen LogP contribution < -0.4 is 16.0 Å². The number of aromatic amines is 1. The molecular formula is C27H29N5O2S. The number of amides is 2. The second-order valence-corrected chi connectivity index (χ2v) is 10.0. The Bertz CT molecular complexity index is 1290. The Labute approximate surface area is 208 Å². The fourth-order valence-corrected chi connectivity index (χ4v) is 5.15. The van der Waals surface area contributed by atoms with Crippen LogP contribution in [0.5, 0.6) is 0 Å². The quantitative estimate of drug-likeness (QED) is 0.252. The predicted octanol–water partition coefficient (Wildman–Crippen LogP) is 5.80. The Morgan fingerprint density at radius 2 is 1.77 bits per heavy atom. The van der Waals surface area contributed by atoms with Crippen LogP contribution in [-0.4, -0.2) is 28.6 Å². The number of H-pyrrole nitrogens is 1. The van der Waals surface area contributed by atoms with Crippen LogP contribution in [0, 0.1) is 5.92 Å². The van der Waals surface area contributed by atoms with Crippen molar-refractivity contribution in [2.24, 2.45) is 5.92 Å². The fraction of sp³-hybridized carbons (Fsp3) is 0.296. The van der Waals surface area contributed by atoms with Crippen LogP contribution in [0.25, 0.3) is 10.9 Å². The maximum absolute atomic E-state index is 12.9. The normalized spacial score (nSPS) is 14.1. The predicted molar refractivity (Wildman–Crippen MR) is 141 cm³/mol. The molecule has 0 aliphatic heterocycles. The van der Waals surface area contributed by atoms with E-state index in [1.54, 1.807) is 29.5 Å². The minimum absolute atomic E-state index is 0.171. The Balaban J connectivity index is 1.21. The summed E-state index contributed by atoms with van der Waals surface area (Å²) in [7, 11) is 0. The molecule has 8 heteroatoms. The van der Waals surface area contributed by atoms with E-state index >= 15 is 0 Å². The minimum Gasteiger partial charge on any atom is -0.385 e. The number of aromatic nitrogens is 2. The summed E-state index contributed by atoms with van der Waals surface area (Å²) >= 11 is 1.60. The number of nitrogens with zero attached hydrogens (tertiary/aromatic N) is 1. The molecule has 2 aromatic heterocycles. The second kappa shape index (κ2) is 10.7. The van der Waals surface area contributed by atoms with E-state index in [9.17, 15) is 9.59 Å². The van der Waals surface area contributed by atoms with Crippen molar-refractivity contribution in [2.75, 3.05) is 17.2 Å². The van der Waals surface area contributed by atoms with Crippen molar-refractivity contribution in [3.63, 3.8) is 0 Å². The largest absolute Gasteiger partial charge is 0.385 e. The Kier molecular flexibility index (Phi) is 7.09. The van der Waals surface area contributed by atoms with Gasteiger partial charge in [0.05, 0.1) is 12.1 Å². The standard InChI is InChI=1S/C27H29N5O2S/c33-26(29-17-22-7-4-14-35-22)20-10-13-24-23(15-20)25(32-31-24)30-27(34)19-8-11-21(12-9-19)28-16-18-5-2-1-3-6-18/h4,7-15,18,28H,1-3,5-6,16-17H2,(H,29,33)(H2,30,31,32,34). The molecule has 4 aromatic rings. The molecule has 2 aromatic carbocycles. The van der Waals surface area contributed by atoms with E-state index < -0.39 is 0 Å². The first-order valence-corrected chi connectivity index (χ1v) is 13.0. The zero-order valence-electron chi connectivity index (χ0n) is 19.5. The number of fused-ring (bicyclic) bond motifs is 1. The molecule has 0 radical (unpaired) electrons. The number of carbonyl (C=O) groups excluding carboxylic acids is 2. The lowest BCUT2D eigenvalue weighted by Gasteiger charge is -2.22. The summed E-state index contributed by atoms with van der Waals surface area (Å²) in [5.41, 5.74) is 2.83. The molecule has 1 saturated carbocycles. The average molecular weight is 488 g/mol. The van der Waals surface area contributed by atoms with Gasteiger partial charge in [0.15, 0.2) is 5.82 Å². The van der Waals surface area contributed by atoms with Crippen LogP contribution in [0.3, 0.4) is 0 Å². The average Bonchev–Trinajstić information content (AvgIpc) is 3.57. The number of anilines is 2. The van der Waals surface area contributed by atoms with E-state index in [1.807, 2.05) is 41.8 Å². The molecule has 1 aliphatic carbocycles. The van der Waals surface area contributed by atoms with Gasteiger partial charge in [-0.1, -0.05) is 25.3 Å². The van der Waals surface area contributed by atoms with Crippen LogP contribution in [-0.2, 0) is 6.54 Å². The van der Waals surface area contributed by atoms with Crippen LogP contribution in [0.1, 0.15) is 57.7 Å². The summed E-state index contributed by atoms with van der Waals surface area (Å²) in [4.78, 5) is 26.6. The lowest BCUT2D eigenvalue weighted by molar-refractivity contribution is 0.0950. The van der Waals surface area contributed by atoms with Crippen LogP contribution in [0.2, 0.25) is 0 Å². The number of benzene rings is 2. The number of rotatable bonds is 8. The maximum atomic E-state index is 12.9. The van der Waals surface area contributed by atoms with Gasteiger partial charge < -0.3 is 16.0 Å². The Morgan fingerprint density at radius 1 is 0.971 bits per heavy atom. The molecule has 180 valence electrons. The van der Waals surface area contributed by atoms with E-state index in [-0.39, 0.29) is 11.8 Å². The summed E-state index contributed by atoms with van der Waals surface area (Å²) < 4.78 is 0. The lowest BCUT2D eigenvalue weighted by Crippen LogP contribution is -2.22. The summed E-state index contributed by atoms with van der Waals surface area (Å²) in [6, 6.07) is 16.7. The zero-order valence-corrected chi connectivity index (χ0v) is 20.3. The maximum Gasteiger partial charge on any atom is 0.256 e. The van der Waals surface area contributed by atoms with E-state index in [0.717, 1.165) is 28.5 Å². The third-order valence-corrected chi connectivity index (χ3v) is 7.40. The number of thiophene rings is 1. The molecular weight excluding hydrogens is 458 g/mol. The molecule has 35 heavy (non-hydrogen) atoms. The van der Waals surface area contributed by atoms with Gasteiger partial charge in [0.1, 0.15) is 0 Å². The molecule has 2 heterocycles. The first-order chi connectivity index (χ1) is 17.2. The highest BCUT2D eigenvalue weighted by atomic mass is 32.1. The van der Waals surface area contributed by atoms with Gasteiger partial charge in [0.2, 0.25) is 0 Å². The van der Waals surface area contributed by atoms with Gasteiger partial charge in [-0.15, -0.1) is 11.3 Å². The van der Waals surface area contributed by atoms with Crippen LogP contribution in [0.4, 0.5) is 11.5 Å². The van der Waals surface area contributed by atoms with Gasteiger partial charge in [-0.25, -0.2) is 0 Å². The zero-order chi connectivity index (χ0) is 24.0. The minimum atomic E-state index is -0.246. The highest BCUT2D eigenvalue weighted by Crippen LogP contribution is 2.25. The van der Waals surface area contributed by atoms with Crippen molar-refractivity contribution in [1.29, 1.82) is 0 Å². The van der Waals surface area contributed by atoms with Crippen molar-refractivity contribution in [2.45, 2.75) is 38.6 Å². The van der Waals surface area contributed by atoms with Gasteiger partial charge >= 0.3 is 0 Å². The molecule has 0 bridgehead atoms. The number of nitrogens with one attached hydrogen (secondary N) is 4. The molecule has 7 nitrogen and oxygen atoms in total. The highest BCUT2D eigenvalue weighted by molar-refractivity contribution is 7.09. The van der Waals surface area contributed by atoms with Crippen LogP contribution in [0.15, 0.2) is 60.0 Å². The molecule has 0 spiro atoms. The van der Waals surface area contributed by atoms with Gasteiger partial charge in [-0.05, 0) is 72.7 Å². The smallest absolute Gasteiger partial charge is 0.256 e. The number of hydrogen-bond donors (Lipinski definition) is 4. The van der Waals surface area contributed by atoms with Crippen molar-refractivity contribution in [1.82, 2.24) is 15.5 Å². The van der Waals surface area contributed by atoms with Gasteiger partial charge in [0.25, 0.3) is 11.8 Å². The van der Waals surface area contributed by atoms with Crippen molar-refractivity contribution in [3.8, 4) is 0 Å². The Morgan fingerprint density at radius 3 is 2.54 bits per heavy atom. The van der Waals surface area contributed by atoms with Gasteiger partial charge in [0, 0.05) is 33.6 Å². The number of carbonyl (C=O) groups is 2. The SMILES string of the molecule is O=C(NCc1cccs1)c1ccc2[nH]nc(NC(=O)c3ccc(NCC4CCCCC4)cc3)c2c1. The summed E-state index contributed by atoms with van der Waals surface area (Å²) in [5, 5.41) is 19.1. The molecule has 1 aliphatic rings.